The lowest BCUT2D eigenvalue weighted by molar-refractivity contribution is 0.417. The average molecular weight is 472 g/mol. The molecule has 2 N–H and O–H groups in total. The number of methoxy groups -OCH3 is 1. The monoisotopic (exact) mass is 471 g/mol. The van der Waals surface area contributed by atoms with E-state index in [1.54, 1.807) is 18.3 Å². The second kappa shape index (κ2) is 8.44. The number of sulfonamides is 1. The van der Waals surface area contributed by atoms with Gasteiger partial charge in [-0.1, -0.05) is 6.07 Å². The first kappa shape index (κ1) is 22.1. The number of aryl methyl sites for hydroxylation is 1. The molecule has 0 aliphatic carbocycles. The molecule has 1 aromatic carbocycles. The summed E-state index contributed by atoms with van der Waals surface area (Å²) in [5, 5.41) is 3.94. The number of ether oxygens (including phenoxy) is 1. The third-order valence-corrected chi connectivity index (χ3v) is 6.47. The normalized spacial score (nSPS) is 18.5. The maximum atomic E-state index is 11.9. The van der Waals surface area contributed by atoms with E-state index in [1.165, 1.54) is 7.11 Å². The van der Waals surface area contributed by atoms with E-state index < -0.39 is 10.0 Å². The molecule has 10 heteroatoms. The first-order valence-corrected chi connectivity index (χ1v) is 12.3. The summed E-state index contributed by atoms with van der Waals surface area (Å²) in [6.07, 6.45) is 2.87. The Hall–Kier alpha value is -3.11. The van der Waals surface area contributed by atoms with Crippen molar-refractivity contribution in [1.29, 1.82) is 0 Å². The summed E-state index contributed by atoms with van der Waals surface area (Å²) >= 11 is 5.75. The standard InChI is InChI=1S/C22H25N5O3S2/c1-14-8-10-18(26(14)2)21-20(16-7-5-6-12-23-16)24-22(31)27(21)15-9-11-19(30-3)17(13-15)25-32(4,28)29/h5-13,20-21,25H,1-4H3,(H,24,31)/t20-,21-/m0/s1. The molecule has 168 valence electrons. The highest BCUT2D eigenvalue weighted by molar-refractivity contribution is 7.92. The van der Waals surface area contributed by atoms with Gasteiger partial charge >= 0.3 is 0 Å². The summed E-state index contributed by atoms with van der Waals surface area (Å²) < 4.78 is 33.8. The average Bonchev–Trinajstić information content (AvgIpc) is 3.26. The Kier molecular flexibility index (Phi) is 5.83. The molecular weight excluding hydrogens is 446 g/mol. The van der Waals surface area contributed by atoms with Crippen molar-refractivity contribution in [2.75, 3.05) is 23.0 Å². The van der Waals surface area contributed by atoms with Crippen LogP contribution in [0.15, 0.2) is 54.7 Å². The lowest BCUT2D eigenvalue weighted by Crippen LogP contribution is -2.30. The predicted octanol–water partition coefficient (Wildman–Crippen LogP) is 3.29. The van der Waals surface area contributed by atoms with Crippen LogP contribution in [0.2, 0.25) is 0 Å². The number of hydrogen-bond acceptors (Lipinski definition) is 5. The van der Waals surface area contributed by atoms with Gasteiger partial charge in [0.05, 0.1) is 30.8 Å². The number of rotatable bonds is 6. The van der Waals surface area contributed by atoms with Gasteiger partial charge in [0.1, 0.15) is 11.8 Å². The molecule has 1 aliphatic rings. The van der Waals surface area contributed by atoms with Gasteiger partial charge in [0, 0.05) is 30.3 Å². The number of thiocarbonyl (C=S) groups is 1. The van der Waals surface area contributed by atoms with Crippen molar-refractivity contribution in [2.45, 2.75) is 19.0 Å². The maximum Gasteiger partial charge on any atom is 0.229 e. The van der Waals surface area contributed by atoms with Crippen molar-refractivity contribution in [2.24, 2.45) is 7.05 Å². The van der Waals surface area contributed by atoms with Crippen LogP contribution in [0.5, 0.6) is 5.75 Å². The van der Waals surface area contributed by atoms with Crippen molar-refractivity contribution in [1.82, 2.24) is 14.9 Å². The minimum absolute atomic E-state index is 0.190. The van der Waals surface area contributed by atoms with Gasteiger partial charge in [-0.05, 0) is 61.6 Å². The van der Waals surface area contributed by atoms with Gasteiger partial charge in [0.2, 0.25) is 10.0 Å². The van der Waals surface area contributed by atoms with Crippen molar-refractivity contribution in [3.63, 3.8) is 0 Å². The fourth-order valence-electron chi connectivity index (χ4n) is 3.99. The Morgan fingerprint density at radius 1 is 1.19 bits per heavy atom. The van der Waals surface area contributed by atoms with E-state index in [1.807, 2.05) is 43.1 Å². The van der Waals surface area contributed by atoms with Crippen molar-refractivity contribution >= 4 is 38.7 Å². The van der Waals surface area contributed by atoms with Gasteiger partial charge in [0.25, 0.3) is 0 Å². The fourth-order valence-corrected chi connectivity index (χ4v) is 4.89. The summed E-state index contributed by atoms with van der Waals surface area (Å²) in [6, 6.07) is 14.9. The van der Waals surface area contributed by atoms with Crippen LogP contribution in [0.4, 0.5) is 11.4 Å². The molecule has 0 spiro atoms. The van der Waals surface area contributed by atoms with Gasteiger partial charge in [0.15, 0.2) is 5.11 Å². The molecule has 0 bridgehead atoms. The van der Waals surface area contributed by atoms with E-state index in [2.05, 4.69) is 31.7 Å². The zero-order chi connectivity index (χ0) is 23.0. The number of nitrogens with one attached hydrogen (secondary N) is 2. The highest BCUT2D eigenvalue weighted by atomic mass is 32.2. The zero-order valence-corrected chi connectivity index (χ0v) is 19.9. The van der Waals surface area contributed by atoms with Crippen LogP contribution in [0, 0.1) is 6.92 Å². The largest absolute Gasteiger partial charge is 0.495 e. The first-order chi connectivity index (χ1) is 15.2. The van der Waals surface area contributed by atoms with E-state index in [9.17, 15) is 8.42 Å². The molecule has 0 amide bonds. The molecule has 3 heterocycles. The molecular formula is C22H25N5O3S2. The van der Waals surface area contributed by atoms with Gasteiger partial charge in [-0.3, -0.25) is 9.71 Å². The van der Waals surface area contributed by atoms with E-state index in [0.29, 0.717) is 16.5 Å². The zero-order valence-electron chi connectivity index (χ0n) is 18.2. The van der Waals surface area contributed by atoms with Crippen LogP contribution < -0.4 is 19.7 Å². The van der Waals surface area contributed by atoms with E-state index in [-0.39, 0.29) is 12.1 Å². The molecule has 1 aliphatic heterocycles. The Morgan fingerprint density at radius 3 is 2.56 bits per heavy atom. The molecule has 0 saturated carbocycles. The smallest absolute Gasteiger partial charge is 0.229 e. The summed E-state index contributed by atoms with van der Waals surface area (Å²) in [5.74, 6) is 0.421. The summed E-state index contributed by atoms with van der Waals surface area (Å²) in [4.78, 5) is 6.56. The molecule has 1 fully saturated rings. The Balaban J connectivity index is 1.85. The quantitative estimate of drug-likeness (QED) is 0.534. The summed E-state index contributed by atoms with van der Waals surface area (Å²) in [7, 11) is 0.0179. The third-order valence-electron chi connectivity index (χ3n) is 5.57. The molecule has 3 aromatic rings. The van der Waals surface area contributed by atoms with Crippen LogP contribution in [0.1, 0.15) is 29.2 Å². The highest BCUT2D eigenvalue weighted by Crippen LogP contribution is 2.43. The van der Waals surface area contributed by atoms with Crippen LogP contribution in [-0.2, 0) is 17.1 Å². The minimum atomic E-state index is -3.50. The van der Waals surface area contributed by atoms with Gasteiger partial charge in [-0.25, -0.2) is 8.42 Å². The Morgan fingerprint density at radius 2 is 1.97 bits per heavy atom. The predicted molar refractivity (Wildman–Crippen MR) is 130 cm³/mol. The Bertz CT molecular complexity index is 1260. The third kappa shape index (κ3) is 4.15. The molecule has 1 saturated heterocycles. The minimum Gasteiger partial charge on any atom is -0.495 e. The number of benzene rings is 1. The Labute approximate surface area is 193 Å². The first-order valence-electron chi connectivity index (χ1n) is 9.98. The SMILES string of the molecule is COc1ccc(N2C(=S)N[C@@H](c3ccccn3)[C@@H]2c2ccc(C)n2C)cc1NS(C)(=O)=O. The lowest BCUT2D eigenvalue weighted by atomic mass is 10.0. The molecule has 0 unspecified atom stereocenters. The second-order valence-electron chi connectivity index (χ2n) is 7.71. The number of hydrogen-bond donors (Lipinski definition) is 2. The molecule has 2 aromatic heterocycles. The van der Waals surface area contributed by atoms with E-state index in [0.717, 1.165) is 29.0 Å². The maximum absolute atomic E-state index is 11.9. The van der Waals surface area contributed by atoms with Crippen LogP contribution in [0.3, 0.4) is 0 Å². The number of aromatic nitrogens is 2. The second-order valence-corrected chi connectivity index (χ2v) is 9.85. The van der Waals surface area contributed by atoms with Crippen LogP contribution in [-0.4, -0.2) is 36.4 Å². The summed E-state index contributed by atoms with van der Waals surface area (Å²) in [6.45, 7) is 2.05. The summed E-state index contributed by atoms with van der Waals surface area (Å²) in [5.41, 5.74) is 4.12. The van der Waals surface area contributed by atoms with E-state index >= 15 is 0 Å². The van der Waals surface area contributed by atoms with E-state index in [4.69, 9.17) is 17.0 Å². The van der Waals surface area contributed by atoms with Crippen LogP contribution in [0.25, 0.3) is 0 Å². The highest BCUT2D eigenvalue weighted by Gasteiger charge is 2.42. The molecule has 0 radical (unpaired) electrons. The van der Waals surface area contributed by atoms with Crippen molar-refractivity contribution in [3.05, 3.63) is 71.8 Å². The van der Waals surface area contributed by atoms with Gasteiger partial charge in [-0.2, -0.15) is 0 Å². The van der Waals surface area contributed by atoms with Crippen molar-refractivity contribution in [3.8, 4) is 5.75 Å². The fraction of sp³-hybridized carbons (Fsp3) is 0.273. The number of anilines is 2. The topological polar surface area (TPSA) is 88.5 Å². The lowest BCUT2D eigenvalue weighted by Gasteiger charge is -2.29. The number of pyridine rings is 1. The molecule has 8 nitrogen and oxygen atoms in total. The van der Waals surface area contributed by atoms with Gasteiger partial charge in [-0.15, -0.1) is 0 Å². The molecule has 4 rings (SSSR count). The van der Waals surface area contributed by atoms with Gasteiger partial charge < -0.3 is 19.5 Å². The van der Waals surface area contributed by atoms with Crippen molar-refractivity contribution < 1.29 is 13.2 Å². The molecule has 2 atom stereocenters. The van der Waals surface area contributed by atoms with Crippen LogP contribution >= 0.6 is 12.2 Å². The number of nitrogens with zero attached hydrogens (tertiary/aromatic N) is 3. The molecule has 32 heavy (non-hydrogen) atoms.